The molecule has 2 rings (SSSR count). The molecule has 5 nitrogen and oxygen atoms in total. The van der Waals surface area contributed by atoms with E-state index in [1.807, 2.05) is 42.5 Å². The van der Waals surface area contributed by atoms with Gasteiger partial charge in [0.05, 0.1) is 7.11 Å². The number of primary amides is 1. The molecule has 0 radical (unpaired) electrons. The number of carbonyl (C=O) groups is 1. The van der Waals surface area contributed by atoms with E-state index < -0.39 is 5.91 Å². The molecule has 0 saturated carbocycles. The first-order valence-electron chi connectivity index (χ1n) is 6.55. The summed E-state index contributed by atoms with van der Waals surface area (Å²) in [6.07, 6.45) is 0. The predicted molar refractivity (Wildman–Crippen MR) is 81.5 cm³/mol. The van der Waals surface area contributed by atoms with E-state index in [1.54, 1.807) is 13.2 Å². The number of anilines is 1. The van der Waals surface area contributed by atoms with Crippen molar-refractivity contribution in [2.75, 3.05) is 19.0 Å². The molecule has 0 atom stereocenters. The standard InChI is InChI=1S/C16H18N2O3/c1-20-14-7-5-12(6-8-14)10-18-13-3-2-4-15(9-13)21-11-16(17)19/h2-9,18H,10-11H2,1H3,(H2,17,19). The van der Waals surface area contributed by atoms with Crippen molar-refractivity contribution in [3.8, 4) is 11.5 Å². The average molecular weight is 286 g/mol. The Labute approximate surface area is 123 Å². The Balaban J connectivity index is 1.92. The van der Waals surface area contributed by atoms with Crippen LogP contribution in [0.4, 0.5) is 5.69 Å². The number of benzene rings is 2. The number of carbonyl (C=O) groups excluding carboxylic acids is 1. The number of nitrogens with two attached hydrogens (primary N) is 1. The topological polar surface area (TPSA) is 73.6 Å². The number of amides is 1. The Bertz CT molecular complexity index is 597. The Morgan fingerprint density at radius 1 is 1.14 bits per heavy atom. The molecule has 0 aliphatic rings. The molecule has 0 unspecified atom stereocenters. The van der Waals surface area contributed by atoms with E-state index in [0.29, 0.717) is 12.3 Å². The third-order valence-corrected chi connectivity index (χ3v) is 2.87. The summed E-state index contributed by atoms with van der Waals surface area (Å²) in [5.74, 6) is 0.945. The Morgan fingerprint density at radius 3 is 2.57 bits per heavy atom. The molecule has 3 N–H and O–H groups in total. The molecule has 5 heteroatoms. The van der Waals surface area contributed by atoms with Gasteiger partial charge in [0, 0.05) is 18.3 Å². The highest BCUT2D eigenvalue weighted by Gasteiger charge is 2.00. The van der Waals surface area contributed by atoms with Crippen molar-refractivity contribution < 1.29 is 14.3 Å². The molecular formula is C16H18N2O3. The summed E-state index contributed by atoms with van der Waals surface area (Å²) < 4.78 is 10.4. The van der Waals surface area contributed by atoms with Gasteiger partial charge < -0.3 is 20.5 Å². The molecule has 0 aliphatic carbocycles. The van der Waals surface area contributed by atoms with Crippen LogP contribution in [0.25, 0.3) is 0 Å². The highest BCUT2D eigenvalue weighted by atomic mass is 16.5. The van der Waals surface area contributed by atoms with Gasteiger partial charge in [0.25, 0.3) is 5.91 Å². The summed E-state index contributed by atoms with van der Waals surface area (Å²) in [7, 11) is 1.64. The molecule has 0 bridgehead atoms. The van der Waals surface area contributed by atoms with Crippen molar-refractivity contribution in [1.29, 1.82) is 0 Å². The van der Waals surface area contributed by atoms with Crippen molar-refractivity contribution in [2.24, 2.45) is 5.73 Å². The Hall–Kier alpha value is -2.69. The zero-order valence-corrected chi connectivity index (χ0v) is 11.8. The van der Waals surface area contributed by atoms with E-state index in [1.165, 1.54) is 0 Å². The van der Waals surface area contributed by atoms with Gasteiger partial charge in [-0.3, -0.25) is 4.79 Å². The SMILES string of the molecule is COc1ccc(CNc2cccc(OCC(N)=O)c2)cc1. The van der Waals surface area contributed by atoms with Gasteiger partial charge in [-0.05, 0) is 29.8 Å². The molecule has 2 aromatic rings. The van der Waals surface area contributed by atoms with Gasteiger partial charge in [-0.25, -0.2) is 0 Å². The summed E-state index contributed by atoms with van der Waals surface area (Å²) in [6.45, 7) is 0.561. The van der Waals surface area contributed by atoms with Crippen LogP contribution in [-0.2, 0) is 11.3 Å². The van der Waals surface area contributed by atoms with Crippen LogP contribution in [0.15, 0.2) is 48.5 Å². The van der Waals surface area contributed by atoms with Crippen molar-refractivity contribution >= 4 is 11.6 Å². The number of ether oxygens (including phenoxy) is 2. The summed E-state index contributed by atoms with van der Waals surface area (Å²) in [5, 5.41) is 3.29. The van der Waals surface area contributed by atoms with Crippen molar-refractivity contribution in [1.82, 2.24) is 0 Å². The van der Waals surface area contributed by atoms with Crippen LogP contribution < -0.4 is 20.5 Å². The van der Waals surface area contributed by atoms with Gasteiger partial charge in [0.2, 0.25) is 0 Å². The number of methoxy groups -OCH3 is 1. The van der Waals surface area contributed by atoms with E-state index in [2.05, 4.69) is 5.32 Å². The fourth-order valence-corrected chi connectivity index (χ4v) is 1.80. The lowest BCUT2D eigenvalue weighted by Crippen LogP contribution is -2.20. The average Bonchev–Trinajstić information content (AvgIpc) is 2.52. The van der Waals surface area contributed by atoms with Gasteiger partial charge in [-0.2, -0.15) is 0 Å². The molecular weight excluding hydrogens is 268 g/mol. The van der Waals surface area contributed by atoms with Gasteiger partial charge >= 0.3 is 0 Å². The highest BCUT2D eigenvalue weighted by Crippen LogP contribution is 2.18. The molecule has 0 saturated heterocycles. The van der Waals surface area contributed by atoms with E-state index in [0.717, 1.165) is 17.0 Å². The molecule has 21 heavy (non-hydrogen) atoms. The molecule has 0 heterocycles. The monoisotopic (exact) mass is 286 g/mol. The Kier molecular flexibility index (Phi) is 5.04. The number of nitrogens with one attached hydrogen (secondary N) is 1. The molecule has 0 aliphatic heterocycles. The van der Waals surface area contributed by atoms with E-state index in [4.69, 9.17) is 15.2 Å². The maximum atomic E-state index is 10.7. The second kappa shape index (κ2) is 7.19. The summed E-state index contributed by atoms with van der Waals surface area (Å²) in [6, 6.07) is 15.2. The lowest BCUT2D eigenvalue weighted by Gasteiger charge is -2.09. The quantitative estimate of drug-likeness (QED) is 0.818. The Morgan fingerprint density at radius 2 is 1.90 bits per heavy atom. The second-order valence-electron chi connectivity index (χ2n) is 4.48. The van der Waals surface area contributed by atoms with E-state index >= 15 is 0 Å². The summed E-state index contributed by atoms with van der Waals surface area (Å²) in [5.41, 5.74) is 7.10. The van der Waals surface area contributed by atoms with Crippen LogP contribution in [0.5, 0.6) is 11.5 Å². The minimum atomic E-state index is -0.494. The minimum Gasteiger partial charge on any atom is -0.497 e. The van der Waals surface area contributed by atoms with E-state index in [9.17, 15) is 4.79 Å². The third kappa shape index (κ3) is 4.72. The lowest BCUT2D eigenvalue weighted by atomic mass is 10.2. The number of rotatable bonds is 7. The molecule has 0 fully saturated rings. The largest absolute Gasteiger partial charge is 0.497 e. The first-order valence-corrected chi connectivity index (χ1v) is 6.55. The highest BCUT2D eigenvalue weighted by molar-refractivity contribution is 5.75. The zero-order valence-electron chi connectivity index (χ0n) is 11.8. The predicted octanol–water partition coefficient (Wildman–Crippen LogP) is 2.17. The lowest BCUT2D eigenvalue weighted by molar-refractivity contribution is -0.119. The van der Waals surface area contributed by atoms with Gasteiger partial charge in [-0.1, -0.05) is 18.2 Å². The van der Waals surface area contributed by atoms with Gasteiger partial charge in [0.15, 0.2) is 6.61 Å². The van der Waals surface area contributed by atoms with Gasteiger partial charge in [0.1, 0.15) is 11.5 Å². The smallest absolute Gasteiger partial charge is 0.255 e. The van der Waals surface area contributed by atoms with Crippen LogP contribution in [0.2, 0.25) is 0 Å². The van der Waals surface area contributed by atoms with Crippen LogP contribution in [-0.4, -0.2) is 19.6 Å². The van der Waals surface area contributed by atoms with Crippen molar-refractivity contribution in [3.63, 3.8) is 0 Å². The zero-order chi connectivity index (χ0) is 15.1. The van der Waals surface area contributed by atoms with Crippen LogP contribution >= 0.6 is 0 Å². The normalized spacial score (nSPS) is 9.95. The second-order valence-corrected chi connectivity index (χ2v) is 4.48. The first kappa shape index (κ1) is 14.7. The first-order chi connectivity index (χ1) is 10.2. The fraction of sp³-hybridized carbons (Fsp3) is 0.188. The summed E-state index contributed by atoms with van der Waals surface area (Å²) in [4.78, 5) is 10.7. The maximum Gasteiger partial charge on any atom is 0.255 e. The molecule has 1 amide bonds. The molecule has 110 valence electrons. The third-order valence-electron chi connectivity index (χ3n) is 2.87. The maximum absolute atomic E-state index is 10.7. The van der Waals surface area contributed by atoms with Gasteiger partial charge in [-0.15, -0.1) is 0 Å². The van der Waals surface area contributed by atoms with Crippen LogP contribution in [0.1, 0.15) is 5.56 Å². The molecule has 0 spiro atoms. The molecule has 2 aromatic carbocycles. The minimum absolute atomic E-state index is 0.123. The fourth-order valence-electron chi connectivity index (χ4n) is 1.80. The van der Waals surface area contributed by atoms with Crippen molar-refractivity contribution in [3.05, 3.63) is 54.1 Å². The number of hydrogen-bond acceptors (Lipinski definition) is 4. The summed E-state index contributed by atoms with van der Waals surface area (Å²) >= 11 is 0. The molecule has 0 aromatic heterocycles. The van der Waals surface area contributed by atoms with E-state index in [-0.39, 0.29) is 6.61 Å². The van der Waals surface area contributed by atoms with Crippen molar-refractivity contribution in [2.45, 2.75) is 6.54 Å². The van der Waals surface area contributed by atoms with Crippen LogP contribution in [0.3, 0.4) is 0 Å². The van der Waals surface area contributed by atoms with Crippen LogP contribution in [0, 0.1) is 0 Å². The number of hydrogen-bond donors (Lipinski definition) is 2.